The molecule has 1 aromatic heterocycles. The zero-order chi connectivity index (χ0) is 14.5. The van der Waals surface area contributed by atoms with E-state index in [1.807, 2.05) is 6.92 Å². The summed E-state index contributed by atoms with van der Waals surface area (Å²) < 4.78 is 5.05. The van der Waals surface area contributed by atoms with E-state index in [2.05, 4.69) is 10.6 Å². The van der Waals surface area contributed by atoms with Gasteiger partial charge in [0.05, 0.1) is 17.3 Å². The molecular weight excluding hydrogens is 274 g/mol. The van der Waals surface area contributed by atoms with Gasteiger partial charge in [0, 0.05) is 25.8 Å². The molecule has 4 N–H and O–H groups in total. The molecule has 0 aromatic carbocycles. The van der Waals surface area contributed by atoms with Gasteiger partial charge in [-0.25, -0.2) is 0 Å². The van der Waals surface area contributed by atoms with Crippen molar-refractivity contribution >= 4 is 27.9 Å². The molecular formula is C14H23N3O2S. The zero-order valence-electron chi connectivity index (χ0n) is 12.1. The van der Waals surface area contributed by atoms with Crippen molar-refractivity contribution in [1.29, 1.82) is 0 Å². The largest absolute Gasteiger partial charge is 0.397 e. The molecule has 20 heavy (non-hydrogen) atoms. The van der Waals surface area contributed by atoms with Gasteiger partial charge in [0.25, 0.3) is 5.91 Å². The highest BCUT2D eigenvalue weighted by atomic mass is 32.1. The van der Waals surface area contributed by atoms with Crippen LogP contribution in [-0.2, 0) is 4.74 Å². The van der Waals surface area contributed by atoms with Crippen LogP contribution in [0.1, 0.15) is 47.3 Å². The van der Waals surface area contributed by atoms with E-state index in [0.717, 1.165) is 36.4 Å². The quantitative estimate of drug-likeness (QED) is 0.644. The number of ether oxygens (including phenoxy) is 1. The fraction of sp³-hybridized carbons (Fsp3) is 0.643. The van der Waals surface area contributed by atoms with Gasteiger partial charge in [-0.1, -0.05) is 6.92 Å². The van der Waals surface area contributed by atoms with Crippen molar-refractivity contribution in [3.05, 3.63) is 10.4 Å². The predicted molar refractivity (Wildman–Crippen MR) is 83.7 cm³/mol. The van der Waals surface area contributed by atoms with Crippen LogP contribution >= 0.6 is 11.3 Å². The van der Waals surface area contributed by atoms with Crippen LogP contribution in [0.25, 0.3) is 0 Å². The highest BCUT2D eigenvalue weighted by Crippen LogP contribution is 2.50. The maximum Gasteiger partial charge on any atom is 0.263 e. The topological polar surface area (TPSA) is 76.4 Å². The SMILES string of the molecule is CCCNC(=O)c1sc(NCCOC)c(C2CC2)c1N. The highest BCUT2D eigenvalue weighted by molar-refractivity contribution is 7.18. The van der Waals surface area contributed by atoms with E-state index in [1.54, 1.807) is 7.11 Å². The van der Waals surface area contributed by atoms with Crippen LogP contribution in [0.4, 0.5) is 10.7 Å². The molecule has 1 fully saturated rings. The van der Waals surface area contributed by atoms with Crippen LogP contribution in [0.3, 0.4) is 0 Å². The number of nitrogens with one attached hydrogen (secondary N) is 2. The first-order valence-electron chi connectivity index (χ1n) is 7.12. The summed E-state index contributed by atoms with van der Waals surface area (Å²) in [5.74, 6) is 0.458. The first-order valence-corrected chi connectivity index (χ1v) is 7.93. The zero-order valence-corrected chi connectivity index (χ0v) is 12.9. The molecule has 1 aromatic rings. The third-order valence-corrected chi connectivity index (χ3v) is 4.48. The molecule has 2 rings (SSSR count). The monoisotopic (exact) mass is 297 g/mol. The molecule has 1 aliphatic rings. The van der Waals surface area contributed by atoms with Gasteiger partial charge in [-0.05, 0) is 25.2 Å². The Hall–Kier alpha value is -1.27. The van der Waals surface area contributed by atoms with Crippen molar-refractivity contribution in [2.24, 2.45) is 0 Å². The van der Waals surface area contributed by atoms with Crippen molar-refractivity contribution in [3.63, 3.8) is 0 Å². The van der Waals surface area contributed by atoms with E-state index in [4.69, 9.17) is 10.5 Å². The molecule has 0 atom stereocenters. The summed E-state index contributed by atoms with van der Waals surface area (Å²) in [6.45, 7) is 4.08. The lowest BCUT2D eigenvalue weighted by Crippen LogP contribution is -2.23. The second kappa shape index (κ2) is 6.95. The Morgan fingerprint density at radius 1 is 1.45 bits per heavy atom. The van der Waals surface area contributed by atoms with E-state index in [0.29, 0.717) is 29.6 Å². The Kier molecular flexibility index (Phi) is 5.25. The van der Waals surface area contributed by atoms with Crippen molar-refractivity contribution in [1.82, 2.24) is 5.32 Å². The number of nitrogens with two attached hydrogens (primary N) is 1. The van der Waals surface area contributed by atoms with Gasteiger partial charge in [-0.3, -0.25) is 4.79 Å². The van der Waals surface area contributed by atoms with Gasteiger partial charge in [0.15, 0.2) is 0 Å². The highest BCUT2D eigenvalue weighted by Gasteiger charge is 2.32. The van der Waals surface area contributed by atoms with E-state index >= 15 is 0 Å². The first kappa shape index (κ1) is 15.1. The van der Waals surface area contributed by atoms with Crippen LogP contribution < -0.4 is 16.4 Å². The molecule has 1 saturated carbocycles. The number of rotatable bonds is 8. The van der Waals surface area contributed by atoms with Crippen LogP contribution in [0, 0.1) is 0 Å². The van der Waals surface area contributed by atoms with Gasteiger partial charge in [-0.15, -0.1) is 11.3 Å². The van der Waals surface area contributed by atoms with Crippen molar-refractivity contribution < 1.29 is 9.53 Å². The molecule has 0 spiro atoms. The number of amides is 1. The summed E-state index contributed by atoms with van der Waals surface area (Å²) in [6.07, 6.45) is 3.25. The van der Waals surface area contributed by atoms with Crippen molar-refractivity contribution in [3.8, 4) is 0 Å². The van der Waals surface area contributed by atoms with Crippen LogP contribution in [0.5, 0.6) is 0 Å². The van der Waals surface area contributed by atoms with Gasteiger partial charge in [0.1, 0.15) is 4.88 Å². The fourth-order valence-electron chi connectivity index (χ4n) is 2.12. The Morgan fingerprint density at radius 3 is 2.80 bits per heavy atom. The number of hydrogen-bond acceptors (Lipinski definition) is 5. The average molecular weight is 297 g/mol. The van der Waals surface area contributed by atoms with Gasteiger partial charge >= 0.3 is 0 Å². The summed E-state index contributed by atoms with van der Waals surface area (Å²) in [5, 5.41) is 7.27. The number of methoxy groups -OCH3 is 1. The minimum absolute atomic E-state index is 0.0592. The normalized spacial score (nSPS) is 14.3. The van der Waals surface area contributed by atoms with Crippen LogP contribution in [0.15, 0.2) is 0 Å². The lowest BCUT2D eigenvalue weighted by atomic mass is 10.1. The Bertz CT molecular complexity index is 469. The third-order valence-electron chi connectivity index (χ3n) is 3.30. The number of anilines is 2. The molecule has 5 nitrogen and oxygen atoms in total. The Morgan fingerprint density at radius 2 is 2.20 bits per heavy atom. The Labute approximate surface area is 123 Å². The number of thiophene rings is 1. The maximum atomic E-state index is 12.1. The molecule has 6 heteroatoms. The third kappa shape index (κ3) is 3.43. The molecule has 1 aliphatic carbocycles. The number of carbonyl (C=O) groups excluding carboxylic acids is 1. The van der Waals surface area contributed by atoms with Crippen molar-refractivity contribution in [2.45, 2.75) is 32.1 Å². The first-order chi connectivity index (χ1) is 9.69. The lowest BCUT2D eigenvalue weighted by Gasteiger charge is -2.06. The molecule has 1 heterocycles. The van der Waals surface area contributed by atoms with Crippen LogP contribution in [-0.4, -0.2) is 32.7 Å². The minimum Gasteiger partial charge on any atom is -0.397 e. The van der Waals surface area contributed by atoms with Gasteiger partial charge in [-0.2, -0.15) is 0 Å². The predicted octanol–water partition coefficient (Wildman–Crippen LogP) is 2.41. The summed E-state index contributed by atoms with van der Waals surface area (Å²) in [6, 6.07) is 0. The number of nitrogen functional groups attached to an aromatic ring is 1. The standard InChI is InChI=1S/C14H23N3O2S/c1-3-6-16-13(18)12-11(15)10(9-4-5-9)14(20-12)17-7-8-19-2/h9,17H,3-8,15H2,1-2H3,(H,16,18). The summed E-state index contributed by atoms with van der Waals surface area (Å²) in [4.78, 5) is 12.8. The molecule has 0 radical (unpaired) electrons. The second-order valence-electron chi connectivity index (χ2n) is 5.04. The van der Waals surface area contributed by atoms with E-state index in [1.165, 1.54) is 11.3 Å². The summed E-state index contributed by atoms with van der Waals surface area (Å²) >= 11 is 1.46. The van der Waals surface area contributed by atoms with E-state index in [-0.39, 0.29) is 5.91 Å². The molecule has 0 aliphatic heterocycles. The number of hydrogen-bond donors (Lipinski definition) is 3. The minimum atomic E-state index is -0.0592. The lowest BCUT2D eigenvalue weighted by molar-refractivity contribution is 0.0958. The average Bonchev–Trinajstić information content (AvgIpc) is 3.21. The van der Waals surface area contributed by atoms with Gasteiger partial charge < -0.3 is 21.1 Å². The molecule has 0 saturated heterocycles. The maximum absolute atomic E-state index is 12.1. The smallest absolute Gasteiger partial charge is 0.263 e. The molecule has 0 unspecified atom stereocenters. The second-order valence-corrected chi connectivity index (χ2v) is 6.06. The molecule has 112 valence electrons. The van der Waals surface area contributed by atoms with Crippen molar-refractivity contribution in [2.75, 3.05) is 37.9 Å². The Balaban J connectivity index is 2.16. The summed E-state index contributed by atoms with van der Waals surface area (Å²) in [7, 11) is 1.68. The van der Waals surface area contributed by atoms with E-state index in [9.17, 15) is 4.79 Å². The fourth-order valence-corrected chi connectivity index (χ4v) is 3.27. The molecule has 1 amide bonds. The van der Waals surface area contributed by atoms with E-state index < -0.39 is 0 Å². The number of carbonyl (C=O) groups is 1. The van der Waals surface area contributed by atoms with Gasteiger partial charge in [0.2, 0.25) is 0 Å². The molecule has 0 bridgehead atoms. The van der Waals surface area contributed by atoms with Crippen LogP contribution in [0.2, 0.25) is 0 Å². The summed E-state index contributed by atoms with van der Waals surface area (Å²) in [5.41, 5.74) is 7.99.